The van der Waals surface area contributed by atoms with Crippen molar-refractivity contribution in [2.24, 2.45) is 0 Å². The Morgan fingerprint density at radius 2 is 1.59 bits per heavy atom. The van der Waals surface area contributed by atoms with Gasteiger partial charge < -0.3 is 29.9 Å². The van der Waals surface area contributed by atoms with Crippen molar-refractivity contribution in [3.8, 4) is 17.2 Å². The fourth-order valence-corrected chi connectivity index (χ4v) is 4.59. The second kappa shape index (κ2) is 13.2. The quantitative estimate of drug-likeness (QED) is 0.199. The van der Waals surface area contributed by atoms with Gasteiger partial charge in [0.25, 0.3) is 0 Å². The summed E-state index contributed by atoms with van der Waals surface area (Å²) >= 11 is 0. The Labute approximate surface area is 200 Å². The largest absolute Gasteiger partial charge is 0.508 e. The minimum Gasteiger partial charge on any atom is -0.508 e. The number of aromatic hydroxyl groups is 1. The molecule has 3 rings (SSSR count). The van der Waals surface area contributed by atoms with E-state index in [1.807, 2.05) is 54.6 Å². The minimum absolute atomic E-state index is 0.0626. The first kappa shape index (κ1) is 25.8. The highest BCUT2D eigenvalue weighted by atomic mass is 31.2. The Hall–Kier alpha value is -2.83. The van der Waals surface area contributed by atoms with Crippen LogP contribution < -0.4 is 14.8 Å². The van der Waals surface area contributed by atoms with Gasteiger partial charge in [-0.15, -0.1) is 0 Å². The molecule has 3 aromatic carbocycles. The van der Waals surface area contributed by atoms with E-state index in [9.17, 15) is 19.7 Å². The number of aliphatic hydroxyl groups excluding tert-OH is 1. The molecule has 0 aliphatic carbocycles. The van der Waals surface area contributed by atoms with Crippen LogP contribution in [0.1, 0.15) is 23.1 Å². The number of nitrogens with one attached hydrogen (secondary N) is 1. The van der Waals surface area contributed by atoms with E-state index in [1.165, 1.54) is 6.07 Å². The Morgan fingerprint density at radius 1 is 0.853 bits per heavy atom. The molecule has 0 aromatic heterocycles. The average Bonchev–Trinajstić information content (AvgIpc) is 2.84. The first-order valence-corrected chi connectivity index (χ1v) is 13.3. The molecule has 0 radical (unpaired) electrons. The predicted molar refractivity (Wildman–Crippen MR) is 133 cm³/mol. The van der Waals surface area contributed by atoms with E-state index >= 15 is 0 Å². The lowest BCUT2D eigenvalue weighted by molar-refractivity contribution is 0.272. The zero-order chi connectivity index (χ0) is 24.2. The maximum Gasteiger partial charge on any atom is 0.241 e. The third-order valence-corrected chi connectivity index (χ3v) is 6.60. The Balaban J connectivity index is 1.29. The Kier molecular flexibility index (Phi) is 9.98. The average molecular weight is 486 g/mol. The van der Waals surface area contributed by atoms with E-state index in [2.05, 4.69) is 5.32 Å². The number of aliphatic hydroxyl groups is 1. The molecule has 1 atom stereocenters. The molecule has 34 heavy (non-hydrogen) atoms. The zero-order valence-electron chi connectivity index (χ0n) is 19.1. The number of ether oxygens (including phenoxy) is 2. The lowest BCUT2D eigenvalue weighted by atomic mass is 10.1. The molecule has 4 N–H and O–H groups in total. The van der Waals surface area contributed by atoms with Gasteiger partial charge in [-0.2, -0.15) is 0 Å². The highest BCUT2D eigenvalue weighted by molar-refractivity contribution is 7.56. The number of rotatable bonds is 14. The fourth-order valence-electron chi connectivity index (χ4n) is 3.37. The van der Waals surface area contributed by atoms with Crippen LogP contribution in [0.4, 0.5) is 0 Å². The van der Waals surface area contributed by atoms with Crippen molar-refractivity contribution in [1.82, 2.24) is 5.32 Å². The van der Waals surface area contributed by atoms with Gasteiger partial charge in [0.05, 0.1) is 19.4 Å². The van der Waals surface area contributed by atoms with Gasteiger partial charge in [0.2, 0.25) is 7.37 Å². The van der Waals surface area contributed by atoms with Gasteiger partial charge in [-0.1, -0.05) is 42.5 Å². The monoisotopic (exact) mass is 485 g/mol. The molecular formula is C26H32NO6P. The van der Waals surface area contributed by atoms with Crippen LogP contribution in [0.2, 0.25) is 0 Å². The number of hydrogen-bond acceptors (Lipinski definition) is 6. The molecule has 182 valence electrons. The van der Waals surface area contributed by atoms with Crippen molar-refractivity contribution >= 4 is 7.37 Å². The summed E-state index contributed by atoms with van der Waals surface area (Å²) in [5.41, 5.74) is 2.42. The van der Waals surface area contributed by atoms with Crippen molar-refractivity contribution in [2.45, 2.75) is 25.6 Å². The van der Waals surface area contributed by atoms with E-state index in [4.69, 9.17) is 9.47 Å². The molecule has 0 aliphatic heterocycles. The summed E-state index contributed by atoms with van der Waals surface area (Å²) in [5, 5.41) is 22.1. The van der Waals surface area contributed by atoms with Crippen LogP contribution in [0, 0.1) is 0 Å². The van der Waals surface area contributed by atoms with Gasteiger partial charge in [-0.3, -0.25) is 4.57 Å². The van der Waals surface area contributed by atoms with Crippen molar-refractivity contribution in [3.63, 3.8) is 0 Å². The highest BCUT2D eigenvalue weighted by Crippen LogP contribution is 2.44. The summed E-state index contributed by atoms with van der Waals surface area (Å²) in [7, 11) is -3.41. The Morgan fingerprint density at radius 3 is 2.32 bits per heavy atom. The summed E-state index contributed by atoms with van der Waals surface area (Å²) in [6.07, 6.45) is 1.56. The summed E-state index contributed by atoms with van der Waals surface area (Å²) < 4.78 is 23.6. The molecule has 7 nitrogen and oxygen atoms in total. The SMILES string of the molecule is O=P(O)(COc1ccc(CCNCCCOc2ccc(O)c(CO)c2)cc1)Cc1ccccc1. The zero-order valence-corrected chi connectivity index (χ0v) is 20.0. The maximum absolute atomic E-state index is 12.4. The van der Waals surface area contributed by atoms with Gasteiger partial charge in [0, 0.05) is 5.56 Å². The molecule has 0 saturated heterocycles. The molecular weight excluding hydrogens is 453 g/mol. The van der Waals surface area contributed by atoms with E-state index in [0.717, 1.165) is 37.1 Å². The normalized spacial score (nSPS) is 12.8. The van der Waals surface area contributed by atoms with Gasteiger partial charge in [0.1, 0.15) is 17.2 Å². The molecule has 8 heteroatoms. The second-order valence-corrected chi connectivity index (χ2v) is 10.3. The van der Waals surface area contributed by atoms with Crippen LogP contribution in [0.25, 0.3) is 0 Å². The first-order valence-electron chi connectivity index (χ1n) is 11.3. The number of phenols is 1. The lowest BCUT2D eigenvalue weighted by Gasteiger charge is -2.13. The summed E-state index contributed by atoms with van der Waals surface area (Å²) in [5.74, 6) is 1.27. The molecule has 0 aliphatic rings. The molecule has 0 heterocycles. The number of benzene rings is 3. The van der Waals surface area contributed by atoms with E-state index in [0.29, 0.717) is 23.7 Å². The minimum atomic E-state index is -3.41. The molecule has 0 spiro atoms. The van der Waals surface area contributed by atoms with Gasteiger partial charge in [-0.05, 0) is 67.4 Å². The fraction of sp³-hybridized carbons (Fsp3) is 0.308. The molecule has 0 bridgehead atoms. The number of hydrogen-bond donors (Lipinski definition) is 4. The van der Waals surface area contributed by atoms with Gasteiger partial charge >= 0.3 is 0 Å². The van der Waals surface area contributed by atoms with Crippen molar-refractivity contribution in [3.05, 3.63) is 89.5 Å². The summed E-state index contributed by atoms with van der Waals surface area (Å²) in [6.45, 7) is 1.93. The summed E-state index contributed by atoms with van der Waals surface area (Å²) in [6, 6.07) is 21.7. The van der Waals surface area contributed by atoms with Crippen molar-refractivity contribution in [1.29, 1.82) is 0 Å². The van der Waals surface area contributed by atoms with E-state index < -0.39 is 7.37 Å². The smallest absolute Gasteiger partial charge is 0.241 e. The van der Waals surface area contributed by atoms with Crippen LogP contribution >= 0.6 is 7.37 Å². The summed E-state index contributed by atoms with van der Waals surface area (Å²) in [4.78, 5) is 10.2. The molecule has 3 aromatic rings. The van der Waals surface area contributed by atoms with Crippen LogP contribution in [0.3, 0.4) is 0 Å². The lowest BCUT2D eigenvalue weighted by Crippen LogP contribution is -2.20. The second-order valence-electron chi connectivity index (χ2n) is 8.06. The van der Waals surface area contributed by atoms with Crippen LogP contribution in [-0.2, 0) is 23.8 Å². The first-order chi connectivity index (χ1) is 16.4. The molecule has 0 fully saturated rings. The third-order valence-electron chi connectivity index (χ3n) is 5.21. The van der Waals surface area contributed by atoms with Gasteiger partial charge in [0.15, 0.2) is 6.35 Å². The van der Waals surface area contributed by atoms with Crippen LogP contribution in [0.15, 0.2) is 72.8 Å². The van der Waals surface area contributed by atoms with Crippen LogP contribution in [0.5, 0.6) is 17.2 Å². The predicted octanol–water partition coefficient (Wildman–Crippen LogP) is 4.29. The van der Waals surface area contributed by atoms with E-state index in [1.54, 1.807) is 12.1 Å². The Bertz CT molecular complexity index is 1060. The van der Waals surface area contributed by atoms with Crippen molar-refractivity contribution < 1.29 is 29.1 Å². The topological polar surface area (TPSA) is 108 Å². The third kappa shape index (κ3) is 8.84. The molecule has 0 saturated carbocycles. The molecule has 0 amide bonds. The van der Waals surface area contributed by atoms with Crippen LogP contribution in [-0.4, -0.2) is 41.2 Å². The standard InChI is InChI=1S/C26H32NO6P/c28-18-23-17-25(11-12-26(23)29)32-16-4-14-27-15-13-21-7-9-24(10-8-21)33-20-34(30,31)19-22-5-2-1-3-6-22/h1-3,5-12,17,27-29H,4,13-16,18-20H2,(H,30,31). The maximum atomic E-state index is 12.4. The highest BCUT2D eigenvalue weighted by Gasteiger charge is 2.20. The molecule has 1 unspecified atom stereocenters. The van der Waals surface area contributed by atoms with Gasteiger partial charge in [-0.25, -0.2) is 0 Å². The van der Waals surface area contributed by atoms with Crippen molar-refractivity contribution in [2.75, 3.05) is 26.0 Å². The van der Waals surface area contributed by atoms with E-state index in [-0.39, 0.29) is 24.9 Å².